The van der Waals surface area contributed by atoms with Crippen LogP contribution >= 0.6 is 0 Å². The van der Waals surface area contributed by atoms with Gasteiger partial charge in [-0.2, -0.15) is 0 Å². The molecule has 118 valence electrons. The molecule has 3 atom stereocenters. The Balaban J connectivity index is 1.90. The molecule has 0 heterocycles. The van der Waals surface area contributed by atoms with Crippen LogP contribution in [0.5, 0.6) is 0 Å². The smallest absolute Gasteiger partial charge is 0.0124 e. The van der Waals surface area contributed by atoms with Gasteiger partial charge in [0.25, 0.3) is 0 Å². The second-order valence-corrected chi connectivity index (χ2v) is 7.52. The van der Waals surface area contributed by atoms with Crippen molar-refractivity contribution in [2.75, 3.05) is 6.54 Å². The molecule has 2 fully saturated rings. The summed E-state index contributed by atoms with van der Waals surface area (Å²) < 4.78 is 0. The van der Waals surface area contributed by atoms with E-state index in [-0.39, 0.29) is 0 Å². The van der Waals surface area contributed by atoms with Gasteiger partial charge in [0.1, 0.15) is 0 Å². The molecule has 0 amide bonds. The van der Waals surface area contributed by atoms with Gasteiger partial charge >= 0.3 is 0 Å². The quantitative estimate of drug-likeness (QED) is 0.658. The van der Waals surface area contributed by atoms with E-state index in [9.17, 15) is 0 Å². The molecule has 0 radical (unpaired) electrons. The van der Waals surface area contributed by atoms with E-state index in [2.05, 4.69) is 26.1 Å². The summed E-state index contributed by atoms with van der Waals surface area (Å²) in [4.78, 5) is 0. The second-order valence-electron chi connectivity index (χ2n) is 7.52. The third-order valence-corrected chi connectivity index (χ3v) is 6.27. The Morgan fingerprint density at radius 2 is 1.40 bits per heavy atom. The summed E-state index contributed by atoms with van der Waals surface area (Å²) in [5, 5.41) is 3.96. The molecule has 2 aliphatic carbocycles. The van der Waals surface area contributed by atoms with Gasteiger partial charge in [-0.05, 0) is 62.3 Å². The lowest BCUT2D eigenvalue weighted by atomic mass is 9.74. The average Bonchev–Trinajstić information content (AvgIpc) is 2.97. The fraction of sp³-hybridized carbons (Fsp3) is 1.00. The van der Waals surface area contributed by atoms with Gasteiger partial charge in [-0.15, -0.1) is 0 Å². The van der Waals surface area contributed by atoms with Gasteiger partial charge in [0.05, 0.1) is 0 Å². The van der Waals surface area contributed by atoms with Gasteiger partial charge in [0.2, 0.25) is 0 Å². The van der Waals surface area contributed by atoms with E-state index < -0.39 is 0 Å². The van der Waals surface area contributed by atoms with Crippen LogP contribution in [0.2, 0.25) is 0 Å². The van der Waals surface area contributed by atoms with Crippen LogP contribution in [0.15, 0.2) is 0 Å². The molecule has 2 rings (SSSR count). The Bertz CT molecular complexity index is 254. The first-order chi connectivity index (χ1) is 9.78. The minimum atomic E-state index is 0.837. The molecule has 0 bridgehead atoms. The summed E-state index contributed by atoms with van der Waals surface area (Å²) in [5.41, 5.74) is 0. The Morgan fingerprint density at radius 3 is 1.95 bits per heavy atom. The van der Waals surface area contributed by atoms with Gasteiger partial charge in [0.15, 0.2) is 0 Å². The van der Waals surface area contributed by atoms with Crippen molar-refractivity contribution in [2.45, 2.75) is 91.0 Å². The summed E-state index contributed by atoms with van der Waals surface area (Å²) in [6.07, 6.45) is 14.6. The van der Waals surface area contributed by atoms with Gasteiger partial charge in [-0.3, -0.25) is 0 Å². The first-order valence-electron chi connectivity index (χ1n) is 9.51. The zero-order valence-corrected chi connectivity index (χ0v) is 14.2. The van der Waals surface area contributed by atoms with E-state index in [1.165, 1.54) is 70.8 Å². The highest BCUT2D eigenvalue weighted by molar-refractivity contribution is 4.90. The Hall–Kier alpha value is -0.0400. The lowest BCUT2D eigenvalue weighted by Gasteiger charge is -2.37. The molecule has 1 nitrogen and oxygen atoms in total. The highest BCUT2D eigenvalue weighted by Gasteiger charge is 2.35. The minimum absolute atomic E-state index is 0.837. The van der Waals surface area contributed by atoms with Crippen molar-refractivity contribution in [1.82, 2.24) is 5.32 Å². The molecule has 2 aliphatic rings. The van der Waals surface area contributed by atoms with Gasteiger partial charge < -0.3 is 5.32 Å². The van der Waals surface area contributed by atoms with Crippen LogP contribution in [0.3, 0.4) is 0 Å². The average molecular weight is 280 g/mol. The summed E-state index contributed by atoms with van der Waals surface area (Å²) in [5.74, 6) is 4.02. The highest BCUT2D eigenvalue weighted by atomic mass is 14.9. The van der Waals surface area contributed by atoms with Crippen molar-refractivity contribution in [3.05, 3.63) is 0 Å². The second kappa shape index (κ2) is 8.41. The Morgan fingerprint density at radius 1 is 0.800 bits per heavy atom. The Labute approximate surface area is 127 Å². The molecule has 0 saturated heterocycles. The molecule has 3 unspecified atom stereocenters. The van der Waals surface area contributed by atoms with Crippen molar-refractivity contribution in [3.8, 4) is 0 Å². The number of nitrogens with one attached hydrogen (secondary N) is 1. The number of hydrogen-bond acceptors (Lipinski definition) is 1. The molecule has 0 aromatic rings. The molecule has 20 heavy (non-hydrogen) atoms. The van der Waals surface area contributed by atoms with Crippen LogP contribution < -0.4 is 5.32 Å². The molecular formula is C19H37N. The zero-order valence-electron chi connectivity index (χ0n) is 14.2. The maximum Gasteiger partial charge on any atom is 0.0124 e. The maximum atomic E-state index is 3.96. The molecule has 1 N–H and O–H groups in total. The van der Waals surface area contributed by atoms with Crippen molar-refractivity contribution in [1.29, 1.82) is 0 Å². The lowest BCUT2D eigenvalue weighted by Crippen LogP contribution is -2.43. The van der Waals surface area contributed by atoms with E-state index in [1.54, 1.807) is 0 Å². The molecule has 0 aromatic carbocycles. The topological polar surface area (TPSA) is 12.0 Å². The van der Waals surface area contributed by atoms with Crippen LogP contribution in [0, 0.1) is 23.7 Å². The maximum absolute atomic E-state index is 3.96. The van der Waals surface area contributed by atoms with E-state index in [1.807, 2.05) is 0 Å². The molecule has 0 aliphatic heterocycles. The van der Waals surface area contributed by atoms with E-state index >= 15 is 0 Å². The Kier molecular flexibility index (Phi) is 6.87. The summed E-state index contributed by atoms with van der Waals surface area (Å²) in [7, 11) is 0. The summed E-state index contributed by atoms with van der Waals surface area (Å²) >= 11 is 0. The molecular weight excluding hydrogens is 242 g/mol. The third kappa shape index (κ3) is 4.23. The number of hydrogen-bond donors (Lipinski definition) is 1. The van der Waals surface area contributed by atoms with E-state index in [0.29, 0.717) is 0 Å². The monoisotopic (exact) mass is 279 g/mol. The van der Waals surface area contributed by atoms with Gasteiger partial charge in [-0.1, -0.05) is 52.9 Å². The zero-order chi connectivity index (χ0) is 14.4. The van der Waals surface area contributed by atoms with Crippen LogP contribution in [-0.2, 0) is 0 Å². The molecule has 0 aromatic heterocycles. The van der Waals surface area contributed by atoms with Gasteiger partial charge in [-0.25, -0.2) is 0 Å². The standard InChI is InChI=1S/C19H37N/c1-4-13-20-19(18-12-9-16(6-3)14-18)17-10-7-15(5-2)8-11-17/h15-20H,4-14H2,1-3H3. The third-order valence-electron chi connectivity index (χ3n) is 6.27. The molecule has 1 heteroatoms. The predicted octanol–water partition coefficient (Wildman–Crippen LogP) is 5.40. The van der Waals surface area contributed by atoms with Crippen molar-refractivity contribution < 1.29 is 0 Å². The van der Waals surface area contributed by atoms with Gasteiger partial charge in [0, 0.05) is 6.04 Å². The van der Waals surface area contributed by atoms with Crippen molar-refractivity contribution in [3.63, 3.8) is 0 Å². The SMILES string of the molecule is CCCNC(C1CCC(CC)CC1)C1CCC(CC)C1. The van der Waals surface area contributed by atoms with Crippen LogP contribution in [0.25, 0.3) is 0 Å². The van der Waals surface area contributed by atoms with E-state index in [0.717, 1.165) is 29.7 Å². The molecule has 0 spiro atoms. The number of rotatable bonds is 7. The van der Waals surface area contributed by atoms with Crippen LogP contribution in [0.1, 0.15) is 85.0 Å². The van der Waals surface area contributed by atoms with Crippen molar-refractivity contribution in [2.24, 2.45) is 23.7 Å². The summed E-state index contributed by atoms with van der Waals surface area (Å²) in [6.45, 7) is 8.29. The normalized spacial score (nSPS) is 36.1. The minimum Gasteiger partial charge on any atom is -0.313 e. The fourth-order valence-corrected chi connectivity index (χ4v) is 4.80. The van der Waals surface area contributed by atoms with Crippen LogP contribution in [-0.4, -0.2) is 12.6 Å². The predicted molar refractivity (Wildman–Crippen MR) is 88.9 cm³/mol. The van der Waals surface area contributed by atoms with Crippen molar-refractivity contribution >= 4 is 0 Å². The van der Waals surface area contributed by atoms with E-state index in [4.69, 9.17) is 0 Å². The highest BCUT2D eigenvalue weighted by Crippen LogP contribution is 2.41. The first kappa shape index (κ1) is 16.3. The summed E-state index contributed by atoms with van der Waals surface area (Å²) in [6, 6.07) is 0.837. The molecule has 2 saturated carbocycles. The largest absolute Gasteiger partial charge is 0.313 e. The lowest BCUT2D eigenvalue weighted by molar-refractivity contribution is 0.174. The van der Waals surface area contributed by atoms with Crippen LogP contribution in [0.4, 0.5) is 0 Å². The first-order valence-corrected chi connectivity index (χ1v) is 9.51. The fourth-order valence-electron chi connectivity index (χ4n) is 4.80.